The molecule has 0 saturated carbocycles. The molecule has 0 aliphatic rings. The van der Waals surface area contributed by atoms with E-state index in [2.05, 4.69) is 0 Å². The van der Waals surface area contributed by atoms with Crippen molar-refractivity contribution in [2.75, 3.05) is 27.2 Å². The van der Waals surface area contributed by atoms with Gasteiger partial charge in [0.1, 0.15) is 4.90 Å². The van der Waals surface area contributed by atoms with Crippen LogP contribution in [0.4, 0.5) is 0 Å². The van der Waals surface area contributed by atoms with Gasteiger partial charge in [-0.3, -0.25) is 0 Å². The fraction of sp³-hybridized carbons (Fsp3) is 0.333. The second kappa shape index (κ2) is 8.12. The number of hydrogen-bond acceptors (Lipinski definition) is 3. The molecule has 0 aliphatic carbocycles. The maximum atomic E-state index is 13.2. The van der Waals surface area contributed by atoms with E-state index in [9.17, 15) is 8.42 Å². The van der Waals surface area contributed by atoms with Gasteiger partial charge in [-0.2, -0.15) is 4.31 Å². The van der Waals surface area contributed by atoms with E-state index in [1.54, 1.807) is 25.1 Å². The maximum absolute atomic E-state index is 13.2. The van der Waals surface area contributed by atoms with E-state index in [0.717, 1.165) is 5.56 Å². The molecule has 0 aromatic heterocycles. The van der Waals surface area contributed by atoms with Gasteiger partial charge >= 0.3 is 0 Å². The topological polar surface area (TPSA) is 40.6 Å². The zero-order valence-electron chi connectivity index (χ0n) is 14.2. The van der Waals surface area contributed by atoms with Crippen molar-refractivity contribution in [3.8, 4) is 0 Å². The van der Waals surface area contributed by atoms with Crippen LogP contribution in [0, 0.1) is 6.92 Å². The SMILES string of the molecule is Cc1cccc(Cl)c1S(=O)(=O)N(CCN(C)C)Cc1ccccc1. The van der Waals surface area contributed by atoms with Crippen LogP contribution in [-0.2, 0) is 16.6 Å². The van der Waals surface area contributed by atoms with Gasteiger partial charge in [-0.05, 0) is 38.2 Å². The van der Waals surface area contributed by atoms with Crippen LogP contribution in [0.3, 0.4) is 0 Å². The van der Waals surface area contributed by atoms with Crippen molar-refractivity contribution >= 4 is 21.6 Å². The summed E-state index contributed by atoms with van der Waals surface area (Å²) in [5.74, 6) is 0. The molecule has 2 aromatic carbocycles. The first-order valence-electron chi connectivity index (χ1n) is 7.76. The minimum absolute atomic E-state index is 0.196. The number of hydrogen-bond donors (Lipinski definition) is 0. The predicted molar refractivity (Wildman–Crippen MR) is 98.8 cm³/mol. The summed E-state index contributed by atoms with van der Waals surface area (Å²) in [6.45, 7) is 3.12. The van der Waals surface area contributed by atoms with Crippen LogP contribution in [0.2, 0.25) is 5.02 Å². The largest absolute Gasteiger partial charge is 0.308 e. The second-order valence-electron chi connectivity index (χ2n) is 6.01. The van der Waals surface area contributed by atoms with E-state index in [4.69, 9.17) is 11.6 Å². The van der Waals surface area contributed by atoms with Gasteiger partial charge in [0, 0.05) is 19.6 Å². The Bertz CT molecular complexity index is 757. The molecule has 130 valence electrons. The summed E-state index contributed by atoms with van der Waals surface area (Å²) >= 11 is 6.21. The van der Waals surface area contributed by atoms with E-state index in [1.165, 1.54) is 4.31 Å². The number of benzene rings is 2. The normalized spacial score (nSPS) is 12.1. The van der Waals surface area contributed by atoms with Crippen molar-refractivity contribution in [3.05, 3.63) is 64.7 Å². The molecule has 6 heteroatoms. The van der Waals surface area contributed by atoms with Crippen LogP contribution >= 0.6 is 11.6 Å². The minimum Gasteiger partial charge on any atom is -0.308 e. The number of sulfonamides is 1. The quantitative estimate of drug-likeness (QED) is 0.754. The summed E-state index contributed by atoms with van der Waals surface area (Å²) in [5, 5.41) is 0.262. The van der Waals surface area contributed by atoms with E-state index < -0.39 is 10.0 Å². The van der Waals surface area contributed by atoms with Crippen molar-refractivity contribution in [2.45, 2.75) is 18.4 Å². The van der Waals surface area contributed by atoms with Gasteiger partial charge < -0.3 is 4.90 Å². The lowest BCUT2D eigenvalue weighted by Crippen LogP contribution is -2.36. The van der Waals surface area contributed by atoms with Crippen LogP contribution in [-0.4, -0.2) is 44.8 Å². The Morgan fingerprint density at radius 2 is 1.62 bits per heavy atom. The third-order valence-corrected chi connectivity index (χ3v) is 6.24. The lowest BCUT2D eigenvalue weighted by molar-refractivity contribution is 0.329. The fourth-order valence-electron chi connectivity index (χ4n) is 2.46. The summed E-state index contributed by atoms with van der Waals surface area (Å²) in [5.41, 5.74) is 1.61. The van der Waals surface area contributed by atoms with Gasteiger partial charge in [-0.15, -0.1) is 0 Å². The first kappa shape index (κ1) is 18.9. The molecule has 0 radical (unpaired) electrons. The van der Waals surface area contributed by atoms with Gasteiger partial charge in [-0.1, -0.05) is 54.1 Å². The summed E-state index contributed by atoms with van der Waals surface area (Å²) in [4.78, 5) is 2.16. The number of halogens is 1. The molecule has 0 saturated heterocycles. The smallest absolute Gasteiger partial charge is 0.245 e. The number of rotatable bonds is 7. The zero-order chi connectivity index (χ0) is 17.7. The Morgan fingerprint density at radius 3 is 2.21 bits per heavy atom. The van der Waals surface area contributed by atoms with Crippen molar-refractivity contribution in [3.63, 3.8) is 0 Å². The van der Waals surface area contributed by atoms with Crippen molar-refractivity contribution < 1.29 is 8.42 Å². The van der Waals surface area contributed by atoms with Gasteiger partial charge in [0.2, 0.25) is 10.0 Å². The molecule has 24 heavy (non-hydrogen) atoms. The molecule has 4 nitrogen and oxygen atoms in total. The Labute approximate surface area is 149 Å². The lowest BCUT2D eigenvalue weighted by Gasteiger charge is -2.25. The van der Waals surface area contributed by atoms with Gasteiger partial charge in [0.25, 0.3) is 0 Å². The first-order valence-corrected chi connectivity index (χ1v) is 9.58. The lowest BCUT2D eigenvalue weighted by atomic mass is 10.2. The van der Waals surface area contributed by atoms with E-state index >= 15 is 0 Å². The highest BCUT2D eigenvalue weighted by molar-refractivity contribution is 7.89. The highest BCUT2D eigenvalue weighted by atomic mass is 35.5. The molecule has 0 spiro atoms. The third-order valence-electron chi connectivity index (χ3n) is 3.76. The Hall–Kier alpha value is -1.40. The molecular formula is C18H23ClN2O2S. The van der Waals surface area contributed by atoms with Gasteiger partial charge in [-0.25, -0.2) is 8.42 Å². The average molecular weight is 367 g/mol. The molecule has 0 bridgehead atoms. The average Bonchev–Trinajstić information content (AvgIpc) is 2.51. The number of likely N-dealkylation sites (N-methyl/N-ethyl adjacent to an activating group) is 1. The van der Waals surface area contributed by atoms with Crippen LogP contribution < -0.4 is 0 Å². The van der Waals surface area contributed by atoms with E-state index in [0.29, 0.717) is 25.2 Å². The monoisotopic (exact) mass is 366 g/mol. The minimum atomic E-state index is -3.68. The van der Waals surface area contributed by atoms with Crippen LogP contribution in [0.25, 0.3) is 0 Å². The molecule has 0 fully saturated rings. The molecule has 0 N–H and O–H groups in total. The van der Waals surface area contributed by atoms with Crippen molar-refractivity contribution in [1.29, 1.82) is 0 Å². The van der Waals surface area contributed by atoms with Crippen molar-refractivity contribution in [2.24, 2.45) is 0 Å². The van der Waals surface area contributed by atoms with Crippen LogP contribution in [0.5, 0.6) is 0 Å². The molecule has 0 aliphatic heterocycles. The second-order valence-corrected chi connectivity index (χ2v) is 8.30. The Morgan fingerprint density at radius 1 is 0.958 bits per heavy atom. The number of aryl methyl sites for hydroxylation is 1. The molecule has 2 aromatic rings. The third kappa shape index (κ3) is 4.57. The Kier molecular flexibility index (Phi) is 6.40. The number of nitrogens with zero attached hydrogens (tertiary/aromatic N) is 2. The molecule has 2 rings (SSSR count). The molecular weight excluding hydrogens is 344 g/mol. The first-order chi connectivity index (χ1) is 11.3. The van der Waals surface area contributed by atoms with E-state index in [-0.39, 0.29) is 9.92 Å². The van der Waals surface area contributed by atoms with Crippen LogP contribution in [0.1, 0.15) is 11.1 Å². The highest BCUT2D eigenvalue weighted by Gasteiger charge is 2.28. The van der Waals surface area contributed by atoms with Crippen LogP contribution in [0.15, 0.2) is 53.4 Å². The summed E-state index contributed by atoms with van der Waals surface area (Å²) < 4.78 is 27.9. The summed E-state index contributed by atoms with van der Waals surface area (Å²) in [7, 11) is 0.168. The molecule has 0 amide bonds. The fourth-order valence-corrected chi connectivity index (χ4v) is 4.66. The Balaban J connectivity index is 2.41. The standard InChI is InChI=1S/C18H23ClN2O2S/c1-15-8-7-11-17(19)18(15)24(22,23)21(13-12-20(2)3)14-16-9-5-4-6-10-16/h4-11H,12-14H2,1-3H3. The molecule has 0 atom stereocenters. The van der Waals surface area contributed by atoms with E-state index in [1.807, 2.05) is 49.3 Å². The summed E-state index contributed by atoms with van der Waals surface area (Å²) in [6.07, 6.45) is 0. The highest BCUT2D eigenvalue weighted by Crippen LogP contribution is 2.28. The van der Waals surface area contributed by atoms with Gasteiger partial charge in [0.05, 0.1) is 5.02 Å². The predicted octanol–water partition coefficient (Wildman–Crippen LogP) is 3.40. The zero-order valence-corrected chi connectivity index (χ0v) is 15.8. The summed E-state index contributed by atoms with van der Waals surface area (Å²) in [6, 6.07) is 14.7. The molecule has 0 heterocycles. The maximum Gasteiger partial charge on any atom is 0.245 e. The van der Waals surface area contributed by atoms with Gasteiger partial charge in [0.15, 0.2) is 0 Å². The van der Waals surface area contributed by atoms with Crippen molar-refractivity contribution in [1.82, 2.24) is 9.21 Å². The molecule has 0 unspecified atom stereocenters.